The maximum absolute atomic E-state index is 4.53. The fourth-order valence-electron chi connectivity index (χ4n) is 1.78. The van der Waals surface area contributed by atoms with Crippen LogP contribution in [-0.2, 0) is 6.54 Å². The van der Waals surface area contributed by atoms with Crippen molar-refractivity contribution in [3.63, 3.8) is 0 Å². The second-order valence-electron chi connectivity index (χ2n) is 4.88. The van der Waals surface area contributed by atoms with E-state index < -0.39 is 0 Å². The molecule has 0 aliphatic carbocycles. The van der Waals surface area contributed by atoms with Crippen molar-refractivity contribution in [1.29, 1.82) is 0 Å². The summed E-state index contributed by atoms with van der Waals surface area (Å²) in [4.78, 5) is 5.83. The molecule has 0 saturated carbocycles. The van der Waals surface area contributed by atoms with Gasteiger partial charge in [0.25, 0.3) is 0 Å². The Morgan fingerprint density at radius 1 is 1.17 bits per heavy atom. The van der Waals surface area contributed by atoms with Crippen LogP contribution < -0.4 is 5.32 Å². The second kappa shape index (κ2) is 5.53. The third-order valence-electron chi connectivity index (χ3n) is 3.09. The van der Waals surface area contributed by atoms with Gasteiger partial charge in [0.2, 0.25) is 0 Å². The highest BCUT2D eigenvalue weighted by atomic mass is 32.1. The molecule has 0 bridgehead atoms. The third-order valence-corrected chi connectivity index (χ3v) is 4.17. The van der Waals surface area contributed by atoms with Crippen LogP contribution in [0.5, 0.6) is 0 Å². The molecule has 3 heteroatoms. The van der Waals surface area contributed by atoms with Crippen LogP contribution in [0.25, 0.3) is 0 Å². The molecule has 96 valence electrons. The van der Waals surface area contributed by atoms with Crippen molar-refractivity contribution in [3.05, 3.63) is 45.4 Å². The van der Waals surface area contributed by atoms with E-state index >= 15 is 0 Å². The average Bonchev–Trinajstić information content (AvgIpc) is 2.67. The summed E-state index contributed by atoms with van der Waals surface area (Å²) in [6.45, 7) is 9.41. The molecule has 1 aromatic heterocycles. The molecular weight excluding hydrogens is 240 g/mol. The predicted octanol–water partition coefficient (Wildman–Crippen LogP) is 4.50. The average molecular weight is 260 g/mol. The molecule has 2 nitrogen and oxygen atoms in total. The molecule has 0 aliphatic rings. The minimum Gasteiger partial charge on any atom is -0.379 e. The standard InChI is InChI=1S/C15H20N2S/c1-10(2)13-5-7-14(8-6-13)16-9-15-17-11(3)12(4)18-15/h5-8,10,16H,9H2,1-4H3. The summed E-state index contributed by atoms with van der Waals surface area (Å²) in [6, 6.07) is 8.65. The molecule has 0 atom stereocenters. The lowest BCUT2D eigenvalue weighted by atomic mass is 10.0. The normalized spacial score (nSPS) is 10.9. The lowest BCUT2D eigenvalue weighted by Crippen LogP contribution is -1.99. The Balaban J connectivity index is 1.97. The van der Waals surface area contributed by atoms with Gasteiger partial charge in [0.05, 0.1) is 12.2 Å². The van der Waals surface area contributed by atoms with Crippen LogP contribution in [0, 0.1) is 13.8 Å². The Labute approximate surface area is 113 Å². The number of nitrogens with zero attached hydrogens (tertiary/aromatic N) is 1. The molecule has 0 radical (unpaired) electrons. The van der Waals surface area contributed by atoms with Crippen molar-refractivity contribution in [2.24, 2.45) is 0 Å². The van der Waals surface area contributed by atoms with Gasteiger partial charge in [-0.1, -0.05) is 26.0 Å². The molecule has 1 aromatic carbocycles. The monoisotopic (exact) mass is 260 g/mol. The van der Waals surface area contributed by atoms with E-state index in [0.29, 0.717) is 5.92 Å². The first kappa shape index (κ1) is 13.1. The van der Waals surface area contributed by atoms with E-state index in [-0.39, 0.29) is 0 Å². The van der Waals surface area contributed by atoms with Crippen LogP contribution in [0.4, 0.5) is 5.69 Å². The predicted molar refractivity (Wildman–Crippen MR) is 79.4 cm³/mol. The van der Waals surface area contributed by atoms with E-state index in [1.54, 1.807) is 11.3 Å². The summed E-state index contributed by atoms with van der Waals surface area (Å²) in [5.41, 5.74) is 3.68. The SMILES string of the molecule is Cc1nc(CNc2ccc(C(C)C)cc2)sc1C. The first-order chi connectivity index (χ1) is 8.56. The van der Waals surface area contributed by atoms with Gasteiger partial charge in [-0.3, -0.25) is 0 Å². The number of thiazole rings is 1. The zero-order valence-electron chi connectivity index (χ0n) is 11.4. The van der Waals surface area contributed by atoms with E-state index in [9.17, 15) is 0 Å². The summed E-state index contributed by atoms with van der Waals surface area (Å²) in [7, 11) is 0. The minimum absolute atomic E-state index is 0.586. The van der Waals surface area contributed by atoms with Crippen LogP contribution in [0.2, 0.25) is 0 Å². The highest BCUT2D eigenvalue weighted by Gasteiger charge is 2.03. The van der Waals surface area contributed by atoms with Gasteiger partial charge < -0.3 is 5.32 Å². The summed E-state index contributed by atoms with van der Waals surface area (Å²) >= 11 is 1.77. The van der Waals surface area contributed by atoms with E-state index in [0.717, 1.165) is 22.9 Å². The molecule has 0 spiro atoms. The van der Waals surface area contributed by atoms with Gasteiger partial charge in [-0.15, -0.1) is 11.3 Å². The van der Waals surface area contributed by atoms with E-state index in [4.69, 9.17) is 0 Å². The fourth-order valence-corrected chi connectivity index (χ4v) is 2.65. The van der Waals surface area contributed by atoms with Crippen LogP contribution in [0.15, 0.2) is 24.3 Å². The van der Waals surface area contributed by atoms with E-state index in [1.165, 1.54) is 10.4 Å². The number of aryl methyl sites for hydroxylation is 2. The second-order valence-corrected chi connectivity index (χ2v) is 6.17. The molecular formula is C15H20N2S. The highest BCUT2D eigenvalue weighted by molar-refractivity contribution is 7.11. The summed E-state index contributed by atoms with van der Waals surface area (Å²) in [6.07, 6.45) is 0. The number of aromatic nitrogens is 1. The highest BCUT2D eigenvalue weighted by Crippen LogP contribution is 2.20. The Kier molecular flexibility index (Phi) is 4.02. The number of rotatable bonds is 4. The molecule has 2 rings (SSSR count). The van der Waals surface area contributed by atoms with Gasteiger partial charge in [-0.05, 0) is 37.5 Å². The lowest BCUT2D eigenvalue weighted by Gasteiger charge is -2.08. The van der Waals surface area contributed by atoms with E-state index in [2.05, 4.69) is 62.3 Å². The summed E-state index contributed by atoms with van der Waals surface area (Å²) in [5, 5.41) is 4.57. The molecule has 0 amide bonds. The van der Waals surface area contributed by atoms with Gasteiger partial charge >= 0.3 is 0 Å². The first-order valence-corrected chi connectivity index (χ1v) is 7.14. The Hall–Kier alpha value is -1.35. The molecule has 2 aromatic rings. The molecule has 1 heterocycles. The summed E-state index contributed by atoms with van der Waals surface area (Å²) in [5.74, 6) is 0.586. The Morgan fingerprint density at radius 3 is 2.33 bits per heavy atom. The molecule has 0 unspecified atom stereocenters. The molecule has 0 saturated heterocycles. The van der Waals surface area contributed by atoms with Gasteiger partial charge in [-0.2, -0.15) is 0 Å². The van der Waals surface area contributed by atoms with Crippen molar-refractivity contribution in [2.45, 2.75) is 40.2 Å². The smallest absolute Gasteiger partial charge is 0.112 e. The number of benzene rings is 1. The summed E-state index contributed by atoms with van der Waals surface area (Å²) < 4.78 is 0. The largest absolute Gasteiger partial charge is 0.379 e. The maximum Gasteiger partial charge on any atom is 0.112 e. The van der Waals surface area contributed by atoms with Gasteiger partial charge in [0.15, 0.2) is 0 Å². The van der Waals surface area contributed by atoms with Crippen molar-refractivity contribution < 1.29 is 0 Å². The fraction of sp³-hybridized carbons (Fsp3) is 0.400. The Morgan fingerprint density at radius 2 is 1.83 bits per heavy atom. The molecule has 1 N–H and O–H groups in total. The van der Waals surface area contributed by atoms with Crippen molar-refractivity contribution in [2.75, 3.05) is 5.32 Å². The third kappa shape index (κ3) is 3.10. The maximum atomic E-state index is 4.53. The van der Waals surface area contributed by atoms with Crippen LogP contribution >= 0.6 is 11.3 Å². The van der Waals surface area contributed by atoms with Crippen molar-refractivity contribution >= 4 is 17.0 Å². The first-order valence-electron chi connectivity index (χ1n) is 6.33. The molecule has 0 aliphatic heterocycles. The number of hydrogen-bond donors (Lipinski definition) is 1. The topological polar surface area (TPSA) is 24.9 Å². The van der Waals surface area contributed by atoms with Crippen LogP contribution in [-0.4, -0.2) is 4.98 Å². The van der Waals surface area contributed by atoms with Crippen LogP contribution in [0.1, 0.15) is 40.9 Å². The quantitative estimate of drug-likeness (QED) is 0.875. The van der Waals surface area contributed by atoms with Crippen LogP contribution in [0.3, 0.4) is 0 Å². The van der Waals surface area contributed by atoms with E-state index in [1.807, 2.05) is 0 Å². The lowest BCUT2D eigenvalue weighted by molar-refractivity contribution is 0.866. The zero-order chi connectivity index (χ0) is 13.1. The number of anilines is 1. The Bertz CT molecular complexity index is 492. The van der Waals surface area contributed by atoms with Crippen molar-refractivity contribution in [1.82, 2.24) is 4.98 Å². The molecule has 18 heavy (non-hydrogen) atoms. The van der Waals surface area contributed by atoms with Gasteiger partial charge in [-0.25, -0.2) is 4.98 Å². The van der Waals surface area contributed by atoms with Gasteiger partial charge in [0.1, 0.15) is 5.01 Å². The molecule has 0 fully saturated rings. The minimum atomic E-state index is 0.586. The van der Waals surface area contributed by atoms with Crippen molar-refractivity contribution in [3.8, 4) is 0 Å². The van der Waals surface area contributed by atoms with Gasteiger partial charge in [0, 0.05) is 10.6 Å². The zero-order valence-corrected chi connectivity index (χ0v) is 12.3. The number of hydrogen-bond acceptors (Lipinski definition) is 3. The number of nitrogens with one attached hydrogen (secondary N) is 1.